The molecule has 0 unspecified atom stereocenters. The third-order valence-corrected chi connectivity index (χ3v) is 4.73. The van der Waals surface area contributed by atoms with Gasteiger partial charge in [0.2, 0.25) is 5.91 Å². The average Bonchev–Trinajstić information content (AvgIpc) is 2.65. The second-order valence-corrected chi connectivity index (χ2v) is 6.78. The first-order valence-electron chi connectivity index (χ1n) is 9.04. The number of phenols is 1. The van der Waals surface area contributed by atoms with E-state index >= 15 is 0 Å². The summed E-state index contributed by atoms with van der Waals surface area (Å²) in [6.07, 6.45) is 0.571. The van der Waals surface area contributed by atoms with Crippen LogP contribution in [-0.2, 0) is 17.6 Å². The fraction of sp³-hybridized carbons (Fsp3) is 0.273. The molecule has 3 aromatic rings. The van der Waals surface area contributed by atoms with Gasteiger partial charge in [0.25, 0.3) is 0 Å². The van der Waals surface area contributed by atoms with Crippen LogP contribution in [0.1, 0.15) is 22.3 Å². The summed E-state index contributed by atoms with van der Waals surface area (Å²) in [6.45, 7) is 3.97. The van der Waals surface area contributed by atoms with Gasteiger partial charge in [0, 0.05) is 6.54 Å². The summed E-state index contributed by atoms with van der Waals surface area (Å²) in [6, 6.07) is 10.9. The van der Waals surface area contributed by atoms with Gasteiger partial charge in [-0.05, 0) is 61.2 Å². The molecule has 28 heavy (non-hydrogen) atoms. The second kappa shape index (κ2) is 8.17. The summed E-state index contributed by atoms with van der Waals surface area (Å²) in [5.74, 6) is 0.553. The normalized spacial score (nSPS) is 10.8. The number of fused-ring (bicyclic) bond motifs is 1. The molecule has 0 aliphatic rings. The van der Waals surface area contributed by atoms with Crippen LogP contribution in [0.5, 0.6) is 11.5 Å². The van der Waals surface area contributed by atoms with Crippen molar-refractivity contribution in [1.29, 1.82) is 0 Å². The van der Waals surface area contributed by atoms with Crippen molar-refractivity contribution in [3.63, 3.8) is 0 Å². The van der Waals surface area contributed by atoms with Crippen molar-refractivity contribution in [3.05, 3.63) is 69.1 Å². The predicted octanol–water partition coefficient (Wildman–Crippen LogP) is 3.03. The number of carbonyl (C=O) groups is 1. The minimum atomic E-state index is -0.555. The lowest BCUT2D eigenvalue weighted by molar-refractivity contribution is -0.120. The number of rotatable bonds is 6. The quantitative estimate of drug-likeness (QED) is 0.641. The van der Waals surface area contributed by atoms with E-state index in [0.717, 1.165) is 16.9 Å². The van der Waals surface area contributed by atoms with Gasteiger partial charge >= 0.3 is 5.63 Å². The molecule has 0 atom stereocenters. The Balaban J connectivity index is 1.69. The minimum absolute atomic E-state index is 0.0393. The van der Waals surface area contributed by atoms with E-state index in [4.69, 9.17) is 9.15 Å². The van der Waals surface area contributed by atoms with E-state index in [0.29, 0.717) is 29.5 Å². The Kier molecular flexibility index (Phi) is 5.68. The van der Waals surface area contributed by atoms with Crippen molar-refractivity contribution in [2.24, 2.45) is 0 Å². The zero-order valence-corrected chi connectivity index (χ0v) is 16.2. The SMILES string of the molecule is COc1ccc(CCNC(=O)Cc2c(C)c3c(O)cc(C)cc3oc2=O)cc1. The van der Waals surface area contributed by atoms with Crippen LogP contribution < -0.4 is 15.7 Å². The van der Waals surface area contributed by atoms with Gasteiger partial charge in [0.1, 0.15) is 17.1 Å². The molecule has 0 aliphatic carbocycles. The third kappa shape index (κ3) is 4.17. The molecule has 0 aliphatic heterocycles. The summed E-state index contributed by atoms with van der Waals surface area (Å²) in [5.41, 5.74) is 2.45. The number of amides is 1. The monoisotopic (exact) mass is 381 g/mol. The van der Waals surface area contributed by atoms with Gasteiger partial charge in [0.15, 0.2) is 0 Å². The molecule has 146 valence electrons. The molecule has 1 heterocycles. The van der Waals surface area contributed by atoms with E-state index in [1.54, 1.807) is 33.1 Å². The Morgan fingerprint density at radius 3 is 2.57 bits per heavy atom. The molecule has 6 nitrogen and oxygen atoms in total. The van der Waals surface area contributed by atoms with Crippen LogP contribution in [0.4, 0.5) is 0 Å². The number of carbonyl (C=O) groups excluding carboxylic acids is 1. The maximum atomic E-state index is 12.3. The molecule has 2 aromatic carbocycles. The highest BCUT2D eigenvalue weighted by atomic mass is 16.5. The fourth-order valence-electron chi connectivity index (χ4n) is 3.22. The molecule has 1 amide bonds. The largest absolute Gasteiger partial charge is 0.507 e. The van der Waals surface area contributed by atoms with Crippen LogP contribution in [-0.4, -0.2) is 24.7 Å². The van der Waals surface area contributed by atoms with Gasteiger partial charge in [0.05, 0.1) is 24.5 Å². The maximum absolute atomic E-state index is 12.3. The molecule has 0 fully saturated rings. The molecule has 0 saturated heterocycles. The molecular weight excluding hydrogens is 358 g/mol. The van der Waals surface area contributed by atoms with E-state index in [1.165, 1.54) is 0 Å². The third-order valence-electron chi connectivity index (χ3n) is 4.73. The molecule has 2 N–H and O–H groups in total. The molecule has 0 radical (unpaired) electrons. The second-order valence-electron chi connectivity index (χ2n) is 6.78. The van der Waals surface area contributed by atoms with Crippen LogP contribution >= 0.6 is 0 Å². The topological polar surface area (TPSA) is 88.8 Å². The van der Waals surface area contributed by atoms with Crippen LogP contribution in [0, 0.1) is 13.8 Å². The number of phenolic OH excluding ortho intramolecular Hbond substituents is 1. The van der Waals surface area contributed by atoms with Crippen molar-refractivity contribution >= 4 is 16.9 Å². The molecule has 6 heteroatoms. The summed E-state index contributed by atoms with van der Waals surface area (Å²) < 4.78 is 10.4. The Morgan fingerprint density at radius 1 is 1.18 bits per heavy atom. The number of nitrogens with one attached hydrogen (secondary N) is 1. The molecule has 0 saturated carbocycles. The zero-order chi connectivity index (χ0) is 20.3. The lowest BCUT2D eigenvalue weighted by Crippen LogP contribution is -2.29. The predicted molar refractivity (Wildman–Crippen MR) is 107 cm³/mol. The lowest BCUT2D eigenvalue weighted by atomic mass is 10.0. The van der Waals surface area contributed by atoms with Gasteiger partial charge in [-0.1, -0.05) is 12.1 Å². The van der Waals surface area contributed by atoms with Crippen molar-refractivity contribution in [1.82, 2.24) is 5.32 Å². The van der Waals surface area contributed by atoms with Gasteiger partial charge in [-0.15, -0.1) is 0 Å². The first kappa shape index (κ1) is 19.5. The number of aryl methyl sites for hydroxylation is 2. The molecular formula is C22H23NO5. The number of benzene rings is 2. The van der Waals surface area contributed by atoms with Crippen LogP contribution in [0.2, 0.25) is 0 Å². The van der Waals surface area contributed by atoms with E-state index in [1.807, 2.05) is 24.3 Å². The van der Waals surface area contributed by atoms with Crippen LogP contribution in [0.3, 0.4) is 0 Å². The first-order valence-corrected chi connectivity index (χ1v) is 9.04. The highest BCUT2D eigenvalue weighted by Crippen LogP contribution is 2.29. The van der Waals surface area contributed by atoms with Gasteiger partial charge in [-0.25, -0.2) is 4.79 Å². The van der Waals surface area contributed by atoms with Gasteiger partial charge in [-0.3, -0.25) is 4.79 Å². The number of ether oxygens (including phenoxy) is 1. The standard InChI is InChI=1S/C22H23NO5/c1-13-10-18(24)21-14(2)17(22(26)28-19(21)11-13)12-20(25)23-9-8-15-4-6-16(27-3)7-5-15/h4-7,10-11,24H,8-9,12H2,1-3H3,(H,23,25). The van der Waals surface area contributed by atoms with E-state index in [-0.39, 0.29) is 23.6 Å². The summed E-state index contributed by atoms with van der Waals surface area (Å²) >= 11 is 0. The Labute approximate surface area is 162 Å². The number of aromatic hydroxyl groups is 1. The summed E-state index contributed by atoms with van der Waals surface area (Å²) in [5, 5.41) is 13.5. The fourth-order valence-corrected chi connectivity index (χ4v) is 3.22. The van der Waals surface area contributed by atoms with Crippen molar-refractivity contribution in [3.8, 4) is 11.5 Å². The van der Waals surface area contributed by atoms with E-state index in [9.17, 15) is 14.7 Å². The van der Waals surface area contributed by atoms with Gasteiger partial charge in [-0.2, -0.15) is 0 Å². The Hall–Kier alpha value is -3.28. The Morgan fingerprint density at radius 2 is 1.89 bits per heavy atom. The summed E-state index contributed by atoms with van der Waals surface area (Å²) in [7, 11) is 1.61. The Bertz CT molecular complexity index is 1070. The number of hydrogen-bond donors (Lipinski definition) is 2. The molecule has 3 rings (SSSR count). The van der Waals surface area contributed by atoms with Crippen molar-refractivity contribution in [2.45, 2.75) is 26.7 Å². The number of hydrogen-bond acceptors (Lipinski definition) is 5. The smallest absolute Gasteiger partial charge is 0.340 e. The highest BCUT2D eigenvalue weighted by Gasteiger charge is 2.17. The lowest BCUT2D eigenvalue weighted by Gasteiger charge is -2.10. The average molecular weight is 381 g/mol. The minimum Gasteiger partial charge on any atom is -0.507 e. The summed E-state index contributed by atoms with van der Waals surface area (Å²) in [4.78, 5) is 24.6. The molecule has 1 aromatic heterocycles. The van der Waals surface area contributed by atoms with Crippen molar-refractivity contribution in [2.75, 3.05) is 13.7 Å². The molecule has 0 spiro atoms. The first-order chi connectivity index (χ1) is 13.4. The maximum Gasteiger partial charge on any atom is 0.340 e. The van der Waals surface area contributed by atoms with Crippen molar-refractivity contribution < 1.29 is 19.1 Å². The van der Waals surface area contributed by atoms with Crippen LogP contribution in [0.15, 0.2) is 45.6 Å². The molecule has 0 bridgehead atoms. The highest BCUT2D eigenvalue weighted by molar-refractivity contribution is 5.89. The van der Waals surface area contributed by atoms with Gasteiger partial charge < -0.3 is 19.6 Å². The van der Waals surface area contributed by atoms with Crippen LogP contribution in [0.25, 0.3) is 11.0 Å². The van der Waals surface area contributed by atoms with E-state index < -0.39 is 5.63 Å². The van der Waals surface area contributed by atoms with E-state index in [2.05, 4.69) is 5.32 Å². The number of methoxy groups -OCH3 is 1. The zero-order valence-electron chi connectivity index (χ0n) is 16.2.